The molecular weight excluding hydrogens is 212 g/mol. The minimum absolute atomic E-state index is 0.120. The molecule has 0 aromatic rings. The number of nitrogens with one attached hydrogen (secondary N) is 2. The van der Waals surface area contributed by atoms with Crippen molar-refractivity contribution in [3.63, 3.8) is 0 Å². The lowest BCUT2D eigenvalue weighted by molar-refractivity contribution is -0.120. The minimum atomic E-state index is 0.120. The molecule has 0 saturated heterocycles. The highest BCUT2D eigenvalue weighted by atomic mass is 16.1. The maximum atomic E-state index is 11.4. The summed E-state index contributed by atoms with van der Waals surface area (Å²) in [4.78, 5) is 11.4. The van der Waals surface area contributed by atoms with Gasteiger partial charge in [-0.15, -0.1) is 0 Å². The molecule has 0 bridgehead atoms. The molecule has 0 aromatic carbocycles. The van der Waals surface area contributed by atoms with Gasteiger partial charge in [0.1, 0.15) is 0 Å². The van der Waals surface area contributed by atoms with Gasteiger partial charge >= 0.3 is 0 Å². The first-order valence-electron chi connectivity index (χ1n) is 7.06. The molecule has 102 valence electrons. The Balaban J connectivity index is 3.42. The van der Waals surface area contributed by atoms with Crippen LogP contribution in [0.5, 0.6) is 0 Å². The van der Waals surface area contributed by atoms with Gasteiger partial charge < -0.3 is 10.6 Å². The molecule has 2 N–H and O–H groups in total. The molecule has 0 rings (SSSR count). The quantitative estimate of drug-likeness (QED) is 0.578. The first kappa shape index (κ1) is 16.4. The molecule has 0 aliphatic rings. The summed E-state index contributed by atoms with van der Waals surface area (Å²) in [6.07, 6.45) is 5.85. The Morgan fingerprint density at radius 2 is 1.82 bits per heavy atom. The van der Waals surface area contributed by atoms with Gasteiger partial charge in [-0.25, -0.2) is 0 Å². The van der Waals surface area contributed by atoms with E-state index in [2.05, 4.69) is 38.3 Å². The summed E-state index contributed by atoms with van der Waals surface area (Å²) in [5, 5.41) is 6.18. The molecule has 0 fully saturated rings. The van der Waals surface area contributed by atoms with E-state index in [0.29, 0.717) is 12.6 Å². The van der Waals surface area contributed by atoms with Crippen molar-refractivity contribution in [3.05, 3.63) is 0 Å². The van der Waals surface area contributed by atoms with Gasteiger partial charge in [-0.2, -0.15) is 0 Å². The SMILES string of the molecule is CCCCNC(=O)CNC(C)CCCC(C)C. The predicted molar refractivity (Wildman–Crippen MR) is 74.1 cm³/mol. The Kier molecular flexibility index (Phi) is 10.2. The first-order chi connectivity index (χ1) is 8.06. The van der Waals surface area contributed by atoms with E-state index < -0.39 is 0 Å². The highest BCUT2D eigenvalue weighted by molar-refractivity contribution is 5.77. The summed E-state index contributed by atoms with van der Waals surface area (Å²) < 4.78 is 0. The highest BCUT2D eigenvalue weighted by Gasteiger charge is 2.05. The van der Waals surface area contributed by atoms with Crippen LogP contribution >= 0.6 is 0 Å². The average Bonchev–Trinajstić information content (AvgIpc) is 2.26. The molecule has 0 radical (unpaired) electrons. The Morgan fingerprint density at radius 1 is 1.12 bits per heavy atom. The Bertz CT molecular complexity index is 193. The summed E-state index contributed by atoms with van der Waals surface area (Å²) in [5.74, 6) is 0.897. The van der Waals surface area contributed by atoms with E-state index in [1.807, 2.05) is 0 Å². The second-order valence-corrected chi connectivity index (χ2v) is 5.31. The van der Waals surface area contributed by atoms with Gasteiger partial charge in [0.05, 0.1) is 6.54 Å². The van der Waals surface area contributed by atoms with Gasteiger partial charge in [-0.3, -0.25) is 4.79 Å². The van der Waals surface area contributed by atoms with E-state index in [4.69, 9.17) is 0 Å². The summed E-state index contributed by atoms with van der Waals surface area (Å²) in [6, 6.07) is 0.436. The van der Waals surface area contributed by atoms with Crippen molar-refractivity contribution in [2.45, 2.75) is 65.8 Å². The van der Waals surface area contributed by atoms with Crippen LogP contribution in [0, 0.1) is 5.92 Å². The number of rotatable bonds is 10. The zero-order chi connectivity index (χ0) is 13.1. The van der Waals surface area contributed by atoms with Gasteiger partial charge in [-0.1, -0.05) is 40.0 Å². The van der Waals surface area contributed by atoms with Crippen LogP contribution < -0.4 is 10.6 Å². The third-order valence-corrected chi connectivity index (χ3v) is 2.88. The molecule has 17 heavy (non-hydrogen) atoms. The van der Waals surface area contributed by atoms with Gasteiger partial charge in [0, 0.05) is 12.6 Å². The molecule has 0 aliphatic carbocycles. The molecular formula is C14H30N2O. The number of unbranched alkanes of at least 4 members (excludes halogenated alkanes) is 1. The number of hydrogen-bond acceptors (Lipinski definition) is 2. The minimum Gasteiger partial charge on any atom is -0.355 e. The van der Waals surface area contributed by atoms with Crippen LogP contribution in [0.15, 0.2) is 0 Å². The van der Waals surface area contributed by atoms with Crippen LogP contribution in [-0.2, 0) is 4.79 Å². The van der Waals surface area contributed by atoms with Crippen molar-refractivity contribution >= 4 is 5.91 Å². The van der Waals surface area contributed by atoms with Crippen molar-refractivity contribution in [2.24, 2.45) is 5.92 Å². The fourth-order valence-corrected chi connectivity index (χ4v) is 1.67. The zero-order valence-electron chi connectivity index (χ0n) is 12.0. The number of carbonyl (C=O) groups excluding carboxylic acids is 1. The fourth-order valence-electron chi connectivity index (χ4n) is 1.67. The third kappa shape index (κ3) is 11.7. The maximum Gasteiger partial charge on any atom is 0.233 e. The van der Waals surface area contributed by atoms with Crippen LogP contribution in [0.3, 0.4) is 0 Å². The smallest absolute Gasteiger partial charge is 0.233 e. The number of amides is 1. The normalized spacial score (nSPS) is 12.8. The zero-order valence-corrected chi connectivity index (χ0v) is 12.0. The lowest BCUT2D eigenvalue weighted by Gasteiger charge is -2.14. The van der Waals surface area contributed by atoms with E-state index in [0.717, 1.165) is 31.7 Å². The monoisotopic (exact) mass is 242 g/mol. The average molecular weight is 242 g/mol. The van der Waals surface area contributed by atoms with Crippen molar-refractivity contribution in [1.29, 1.82) is 0 Å². The van der Waals surface area contributed by atoms with Crippen LogP contribution in [0.2, 0.25) is 0 Å². The first-order valence-corrected chi connectivity index (χ1v) is 7.06. The number of carbonyl (C=O) groups is 1. The second kappa shape index (κ2) is 10.6. The van der Waals surface area contributed by atoms with E-state index >= 15 is 0 Å². The lowest BCUT2D eigenvalue weighted by Crippen LogP contribution is -2.38. The van der Waals surface area contributed by atoms with Crippen molar-refractivity contribution in [1.82, 2.24) is 10.6 Å². The molecule has 0 spiro atoms. The van der Waals surface area contributed by atoms with Crippen molar-refractivity contribution in [2.75, 3.05) is 13.1 Å². The van der Waals surface area contributed by atoms with E-state index in [-0.39, 0.29) is 5.91 Å². The molecule has 3 heteroatoms. The van der Waals surface area contributed by atoms with Crippen LogP contribution in [0.4, 0.5) is 0 Å². The molecule has 1 atom stereocenters. The van der Waals surface area contributed by atoms with Crippen LogP contribution in [0.1, 0.15) is 59.8 Å². The van der Waals surface area contributed by atoms with Gasteiger partial charge in [0.2, 0.25) is 5.91 Å². The Morgan fingerprint density at radius 3 is 2.41 bits per heavy atom. The summed E-state index contributed by atoms with van der Waals surface area (Å²) in [6.45, 7) is 10.0. The van der Waals surface area contributed by atoms with Crippen molar-refractivity contribution in [3.8, 4) is 0 Å². The predicted octanol–water partition coefficient (Wildman–Crippen LogP) is 2.71. The lowest BCUT2D eigenvalue weighted by atomic mass is 10.0. The highest BCUT2D eigenvalue weighted by Crippen LogP contribution is 2.07. The largest absolute Gasteiger partial charge is 0.355 e. The maximum absolute atomic E-state index is 11.4. The standard InChI is InChI=1S/C14H30N2O/c1-5-6-10-15-14(17)11-16-13(4)9-7-8-12(2)3/h12-13,16H,5-11H2,1-4H3,(H,15,17). The topological polar surface area (TPSA) is 41.1 Å². The van der Waals surface area contributed by atoms with E-state index in [1.165, 1.54) is 12.8 Å². The summed E-state index contributed by atoms with van der Waals surface area (Å²) in [5.41, 5.74) is 0. The van der Waals surface area contributed by atoms with Crippen LogP contribution in [0.25, 0.3) is 0 Å². The molecule has 1 unspecified atom stereocenters. The summed E-state index contributed by atoms with van der Waals surface area (Å²) in [7, 11) is 0. The van der Waals surface area contributed by atoms with Gasteiger partial charge in [0.25, 0.3) is 0 Å². The number of hydrogen-bond donors (Lipinski definition) is 2. The molecule has 0 aliphatic heterocycles. The second-order valence-electron chi connectivity index (χ2n) is 5.31. The molecule has 1 amide bonds. The van der Waals surface area contributed by atoms with Gasteiger partial charge in [-0.05, 0) is 25.7 Å². The van der Waals surface area contributed by atoms with Gasteiger partial charge in [0.15, 0.2) is 0 Å². The fraction of sp³-hybridized carbons (Fsp3) is 0.929. The Hall–Kier alpha value is -0.570. The molecule has 0 saturated carbocycles. The van der Waals surface area contributed by atoms with Crippen molar-refractivity contribution < 1.29 is 4.79 Å². The van der Waals surface area contributed by atoms with E-state index in [1.54, 1.807) is 0 Å². The molecule has 0 heterocycles. The van der Waals surface area contributed by atoms with Crippen LogP contribution in [-0.4, -0.2) is 25.0 Å². The molecule has 3 nitrogen and oxygen atoms in total. The molecule has 0 aromatic heterocycles. The third-order valence-electron chi connectivity index (χ3n) is 2.88. The van der Waals surface area contributed by atoms with E-state index in [9.17, 15) is 4.79 Å². The summed E-state index contributed by atoms with van der Waals surface area (Å²) >= 11 is 0. The Labute approximate surface area is 107 Å².